The molecule has 1 aromatic rings. The van der Waals surface area contributed by atoms with E-state index < -0.39 is 47.7 Å². The lowest BCUT2D eigenvalue weighted by molar-refractivity contribution is -0.142. The maximum Gasteiger partial charge on any atom is 0.326 e. The molecule has 438 valence electrons. The number of ketones is 3. The number of rotatable bonds is 52. The van der Waals surface area contributed by atoms with Crippen molar-refractivity contribution in [2.75, 3.05) is 65.9 Å². The minimum atomic E-state index is -1.17. The van der Waals surface area contributed by atoms with Gasteiger partial charge in [-0.2, -0.15) is 0 Å². The Kier molecular flexibility index (Phi) is 38.6. The summed E-state index contributed by atoms with van der Waals surface area (Å²) in [4.78, 5) is 117. The Labute approximate surface area is 455 Å². The molecule has 0 saturated heterocycles. The average Bonchev–Trinajstić information content (AvgIpc) is 4.11. The van der Waals surface area contributed by atoms with E-state index in [9.17, 15) is 48.3 Å². The number of amides is 4. The number of carbonyl (C=O) groups excluding carboxylic acids is 7. The Hall–Kier alpha value is -5.16. The molecule has 10 N–H and O–H groups in total. The number of nitrogens with one attached hydrogen (secondary N) is 4. The largest absolute Gasteiger partial charge is 0.481 e. The number of carbonyl (C=O) groups is 9. The van der Waals surface area contributed by atoms with Crippen molar-refractivity contribution < 1.29 is 72.3 Å². The number of ether oxygens (including phenoxy) is 4. The molecule has 0 bridgehead atoms. The van der Waals surface area contributed by atoms with Crippen molar-refractivity contribution in [1.29, 1.82) is 0 Å². The Morgan fingerprint density at radius 2 is 1.17 bits per heavy atom. The Morgan fingerprint density at radius 3 is 1.74 bits per heavy atom. The van der Waals surface area contributed by atoms with Gasteiger partial charge < -0.3 is 61.6 Å². The van der Waals surface area contributed by atoms with Crippen molar-refractivity contribution in [1.82, 2.24) is 25.9 Å². The molecule has 4 amide bonds. The molecule has 1 aliphatic carbocycles. The summed E-state index contributed by atoms with van der Waals surface area (Å²) in [5.41, 5.74) is 12.5. The van der Waals surface area contributed by atoms with E-state index in [0.717, 1.165) is 51.4 Å². The standard InChI is InChI=1S/C55H93N7O15/c56-46(36-42-37-58-40-61-42)48(64)35-41(53(70)44-21-17-22-45(44)54(57)71)19-15-16-27-59-50(66)38-77-34-32-75-30-28-60-51(67)39-76-33-31-74-29-18-20-43(63)25-26-47(55(72)73)62-49(65)23-13-11-9-7-5-3-1-2-4-6-8-10-12-14-24-52(68)69/h37,40-41,44-47H,1-36,38-39,56H2,(H2,57,71)(H,58,61)(H,59,66)(H,60,67)(H,62,65)(H,68,69)(H,72,73)/t41-,44?,45-,46+,47+/m1/s1. The Bertz CT molecular complexity index is 1850. The molecule has 2 rings (SSSR count). The first-order chi connectivity index (χ1) is 37.2. The predicted octanol–water partition coefficient (Wildman–Crippen LogP) is 4.82. The topological polar surface area (TPSA) is 348 Å². The van der Waals surface area contributed by atoms with Gasteiger partial charge in [0.2, 0.25) is 23.6 Å². The van der Waals surface area contributed by atoms with Crippen LogP contribution in [-0.2, 0) is 68.5 Å². The van der Waals surface area contributed by atoms with Gasteiger partial charge in [-0.05, 0) is 51.4 Å². The first kappa shape index (κ1) is 67.9. The first-order valence-electron chi connectivity index (χ1n) is 28.4. The van der Waals surface area contributed by atoms with Crippen LogP contribution in [0.3, 0.4) is 0 Å². The van der Waals surface area contributed by atoms with Crippen molar-refractivity contribution in [2.24, 2.45) is 29.2 Å². The van der Waals surface area contributed by atoms with E-state index in [1.807, 2.05) is 0 Å². The maximum absolute atomic E-state index is 13.6. The van der Waals surface area contributed by atoms with Crippen molar-refractivity contribution in [3.8, 4) is 0 Å². The maximum atomic E-state index is 13.6. The number of nitrogens with two attached hydrogens (primary N) is 2. The molecular formula is C55H93N7O15. The Morgan fingerprint density at radius 1 is 0.610 bits per heavy atom. The van der Waals surface area contributed by atoms with E-state index in [1.165, 1.54) is 44.9 Å². The lowest BCUT2D eigenvalue weighted by Crippen LogP contribution is -2.41. The van der Waals surface area contributed by atoms with Gasteiger partial charge in [0, 0.05) is 87.9 Å². The summed E-state index contributed by atoms with van der Waals surface area (Å²) in [5.74, 6) is -5.50. The zero-order chi connectivity index (χ0) is 56.3. The van der Waals surface area contributed by atoms with Crippen LogP contribution in [0.2, 0.25) is 0 Å². The second-order valence-corrected chi connectivity index (χ2v) is 20.2. The van der Waals surface area contributed by atoms with Crippen molar-refractivity contribution in [3.05, 3.63) is 18.2 Å². The zero-order valence-electron chi connectivity index (χ0n) is 45.7. The van der Waals surface area contributed by atoms with Gasteiger partial charge in [0.25, 0.3) is 0 Å². The SMILES string of the molecule is NC(=O)[C@@H]1CCCC1C(=O)[C@H](CCCCNC(=O)COCCOCCNC(=O)COCCOCCCC(=O)CC[C@H](NC(=O)CCCCCCCCCCCCCCCCC(=O)O)C(=O)O)CC(=O)[C@@H](N)Cc1cnc[nH]1. The number of primary amides is 1. The minimum absolute atomic E-state index is 0.0196. The summed E-state index contributed by atoms with van der Waals surface area (Å²) in [7, 11) is 0. The van der Waals surface area contributed by atoms with Gasteiger partial charge in [0.05, 0.1) is 45.4 Å². The quantitative estimate of drug-likeness (QED) is 0.0405. The highest BCUT2D eigenvalue weighted by Crippen LogP contribution is 2.36. The third kappa shape index (κ3) is 35.1. The third-order valence-corrected chi connectivity index (χ3v) is 13.7. The molecule has 1 aromatic heterocycles. The number of H-pyrrole nitrogens is 1. The van der Waals surface area contributed by atoms with Crippen LogP contribution in [0.25, 0.3) is 0 Å². The highest BCUT2D eigenvalue weighted by molar-refractivity contribution is 5.94. The van der Waals surface area contributed by atoms with Crippen LogP contribution in [0.4, 0.5) is 0 Å². The number of carboxylic acids is 2. The number of hydrogen-bond acceptors (Lipinski definition) is 15. The zero-order valence-corrected chi connectivity index (χ0v) is 45.7. The lowest BCUT2D eigenvalue weighted by atomic mass is 9.80. The van der Waals surface area contributed by atoms with Crippen LogP contribution in [0.5, 0.6) is 0 Å². The molecule has 0 radical (unpaired) electrons. The number of aliphatic carboxylic acids is 2. The average molecular weight is 1090 g/mol. The van der Waals surface area contributed by atoms with E-state index in [2.05, 4.69) is 25.9 Å². The summed E-state index contributed by atoms with van der Waals surface area (Å²) < 4.78 is 21.6. The minimum Gasteiger partial charge on any atom is -0.481 e. The van der Waals surface area contributed by atoms with Crippen LogP contribution >= 0.6 is 0 Å². The summed E-state index contributed by atoms with van der Waals surface area (Å²) in [6, 6.07) is -1.93. The molecule has 22 nitrogen and oxygen atoms in total. The lowest BCUT2D eigenvalue weighted by Gasteiger charge is -2.23. The van der Waals surface area contributed by atoms with Crippen molar-refractivity contribution in [2.45, 2.75) is 192 Å². The van der Waals surface area contributed by atoms with Gasteiger partial charge in [-0.25, -0.2) is 9.78 Å². The van der Waals surface area contributed by atoms with Gasteiger partial charge in [0.15, 0.2) is 5.78 Å². The second-order valence-electron chi connectivity index (χ2n) is 20.2. The number of hydrogen-bond donors (Lipinski definition) is 8. The molecule has 1 saturated carbocycles. The first-order valence-corrected chi connectivity index (χ1v) is 28.4. The van der Waals surface area contributed by atoms with Crippen molar-refractivity contribution >= 4 is 52.9 Å². The van der Waals surface area contributed by atoms with E-state index in [0.29, 0.717) is 57.2 Å². The smallest absolute Gasteiger partial charge is 0.326 e. The van der Waals surface area contributed by atoms with Crippen molar-refractivity contribution in [3.63, 3.8) is 0 Å². The van der Waals surface area contributed by atoms with Gasteiger partial charge in [0.1, 0.15) is 30.8 Å². The van der Waals surface area contributed by atoms with E-state index >= 15 is 0 Å². The van der Waals surface area contributed by atoms with E-state index in [1.54, 1.807) is 6.20 Å². The van der Waals surface area contributed by atoms with Crippen LogP contribution in [-0.4, -0.2) is 151 Å². The molecule has 1 fully saturated rings. The molecule has 0 spiro atoms. The van der Waals surface area contributed by atoms with Gasteiger partial charge >= 0.3 is 11.9 Å². The molecule has 1 heterocycles. The van der Waals surface area contributed by atoms with Crippen LogP contribution < -0.4 is 27.4 Å². The molecule has 5 atom stereocenters. The monoisotopic (exact) mass is 1090 g/mol. The summed E-state index contributed by atoms with van der Waals surface area (Å²) in [6.45, 7) is 1.48. The van der Waals surface area contributed by atoms with Gasteiger partial charge in [-0.3, -0.25) is 38.4 Å². The number of imidazole rings is 1. The van der Waals surface area contributed by atoms with Gasteiger partial charge in [-0.15, -0.1) is 0 Å². The highest BCUT2D eigenvalue weighted by Gasteiger charge is 2.40. The van der Waals surface area contributed by atoms with Crippen LogP contribution in [0.1, 0.15) is 179 Å². The number of carboxylic acid groups (broad SMARTS) is 2. The molecule has 77 heavy (non-hydrogen) atoms. The fourth-order valence-corrected chi connectivity index (χ4v) is 9.32. The molecule has 1 aliphatic rings. The normalized spacial score (nSPS) is 15.3. The summed E-state index contributed by atoms with van der Waals surface area (Å²) in [5, 5.41) is 26.3. The summed E-state index contributed by atoms with van der Waals surface area (Å²) in [6.07, 6.45) is 22.9. The van der Waals surface area contributed by atoms with E-state index in [-0.39, 0.29) is 139 Å². The predicted molar refractivity (Wildman–Crippen MR) is 286 cm³/mol. The molecule has 0 aromatic carbocycles. The number of unbranched alkanes of at least 4 members (excludes halogenated alkanes) is 14. The van der Waals surface area contributed by atoms with Gasteiger partial charge in [-0.1, -0.05) is 89.9 Å². The molecule has 22 heteroatoms. The number of aromatic amines is 1. The Balaban J connectivity index is 1.40. The number of nitrogens with zero attached hydrogens (tertiary/aromatic N) is 1. The van der Waals surface area contributed by atoms with E-state index in [4.69, 9.17) is 35.5 Å². The molecule has 0 aliphatic heterocycles. The number of Topliss-reactive ketones (excluding diaryl/α,β-unsaturated/α-hetero) is 3. The molecule has 1 unspecified atom stereocenters. The highest BCUT2D eigenvalue weighted by atomic mass is 16.5. The fraction of sp³-hybridized carbons (Fsp3) is 0.782. The fourth-order valence-electron chi connectivity index (χ4n) is 9.32. The third-order valence-electron chi connectivity index (χ3n) is 13.7. The van der Waals surface area contributed by atoms with Crippen LogP contribution in [0, 0.1) is 17.8 Å². The van der Waals surface area contributed by atoms with Crippen LogP contribution in [0.15, 0.2) is 12.5 Å². The summed E-state index contributed by atoms with van der Waals surface area (Å²) >= 11 is 0. The number of aromatic nitrogens is 2. The second kappa shape index (κ2) is 43.8. The molecular weight excluding hydrogens is 999 g/mol.